The van der Waals surface area contributed by atoms with Crippen LogP contribution in [0.1, 0.15) is 239 Å². The first-order valence-electron chi connectivity index (χ1n) is 29.6. The number of allylic oxidation sites excluding steroid dienone is 14. The molecule has 0 aliphatic carbocycles. The molecule has 6 unspecified atom stereocenters. The van der Waals surface area contributed by atoms with Gasteiger partial charge in [-0.3, -0.25) is 14.4 Å². The van der Waals surface area contributed by atoms with E-state index in [1.54, 1.807) is 0 Å². The van der Waals surface area contributed by atoms with Crippen LogP contribution in [0.4, 0.5) is 0 Å². The zero-order chi connectivity index (χ0) is 54.7. The van der Waals surface area contributed by atoms with E-state index < -0.39 is 67.3 Å². The van der Waals surface area contributed by atoms with Gasteiger partial charge in [0.2, 0.25) is 0 Å². The van der Waals surface area contributed by atoms with Gasteiger partial charge in [0.15, 0.2) is 24.6 Å². The van der Waals surface area contributed by atoms with Crippen LogP contribution in [0, 0.1) is 0 Å². The molecule has 1 fully saturated rings. The molecule has 1 heterocycles. The van der Waals surface area contributed by atoms with E-state index in [0.717, 1.165) is 128 Å². The molecule has 1 saturated heterocycles. The number of carbonyl (C=O) groups excluding carboxylic acids is 3. The number of carbonyl (C=O) groups is 4. The van der Waals surface area contributed by atoms with Gasteiger partial charge < -0.3 is 39.0 Å². The zero-order valence-corrected chi connectivity index (χ0v) is 47.0. The highest BCUT2D eigenvalue weighted by atomic mass is 16.7. The fraction of sp³-hybridized carbons (Fsp3) is 0.714. The van der Waals surface area contributed by atoms with Gasteiger partial charge in [-0.2, -0.15) is 0 Å². The van der Waals surface area contributed by atoms with Gasteiger partial charge in [-0.1, -0.05) is 196 Å². The van der Waals surface area contributed by atoms with Gasteiger partial charge in [0.1, 0.15) is 18.8 Å². The van der Waals surface area contributed by atoms with Crippen LogP contribution in [0.5, 0.6) is 0 Å². The van der Waals surface area contributed by atoms with Crippen molar-refractivity contribution < 1.29 is 58.2 Å². The van der Waals surface area contributed by atoms with Crippen molar-refractivity contribution in [2.45, 2.75) is 276 Å². The Kier molecular flexibility index (Phi) is 46.6. The Morgan fingerprint density at radius 1 is 0.453 bits per heavy atom. The van der Waals surface area contributed by atoms with Crippen molar-refractivity contribution in [3.63, 3.8) is 0 Å². The first kappa shape index (κ1) is 68.9. The summed E-state index contributed by atoms with van der Waals surface area (Å²) in [5, 5.41) is 31.5. The average molecular weight is 1050 g/mol. The van der Waals surface area contributed by atoms with Gasteiger partial charge in [0.25, 0.3) is 0 Å². The van der Waals surface area contributed by atoms with Crippen molar-refractivity contribution in [2.75, 3.05) is 13.2 Å². The van der Waals surface area contributed by atoms with E-state index in [-0.39, 0.29) is 25.9 Å². The molecule has 0 amide bonds. The van der Waals surface area contributed by atoms with E-state index in [9.17, 15) is 34.5 Å². The monoisotopic (exact) mass is 1050 g/mol. The van der Waals surface area contributed by atoms with Crippen LogP contribution in [0.15, 0.2) is 85.1 Å². The molecular weight excluding hydrogens is 949 g/mol. The molecule has 6 atom stereocenters. The standard InChI is InChI=1S/C63H104O12/c1-4-7-10-13-16-19-22-24-26-28-30-32-35-37-40-43-46-49-55(64)71-52-54(73-56(65)50-47-44-41-38-34-21-18-15-12-9-6-3)53-72-63-61(59(68)58(67)60(75-63)62(69)70)74-57(66)51-48-45-42-39-36-33-31-29-27-25-23-20-17-14-11-8-5-2/h8,11,15-20,24-27,31,33,54,58-61,63,67-68H,4-7,9-10,12-14,21-23,28-30,32,34-53H2,1-3H3,(H,69,70)/b11-8-,18-15-,19-16-,20-17-,26-24-,27-25-,33-31-. The average Bonchev–Trinajstić information content (AvgIpc) is 3.39. The fourth-order valence-electron chi connectivity index (χ4n) is 8.37. The number of carboxylic acids is 1. The Hall–Kier alpha value is -4.10. The molecule has 12 nitrogen and oxygen atoms in total. The van der Waals surface area contributed by atoms with Crippen molar-refractivity contribution in [3.8, 4) is 0 Å². The summed E-state index contributed by atoms with van der Waals surface area (Å²) in [6.07, 6.45) is 52.6. The third kappa shape index (κ3) is 40.8. The van der Waals surface area contributed by atoms with Crippen molar-refractivity contribution >= 4 is 23.9 Å². The van der Waals surface area contributed by atoms with E-state index in [4.69, 9.17) is 23.7 Å². The number of rotatable bonds is 49. The second-order valence-electron chi connectivity index (χ2n) is 19.9. The normalized spacial score (nSPS) is 18.8. The minimum Gasteiger partial charge on any atom is -0.479 e. The van der Waals surface area contributed by atoms with E-state index in [2.05, 4.69) is 106 Å². The summed E-state index contributed by atoms with van der Waals surface area (Å²) in [4.78, 5) is 51.1. The van der Waals surface area contributed by atoms with Gasteiger partial charge >= 0.3 is 23.9 Å². The number of ether oxygens (including phenoxy) is 5. The largest absolute Gasteiger partial charge is 0.479 e. The summed E-state index contributed by atoms with van der Waals surface area (Å²) < 4.78 is 28.4. The Morgan fingerprint density at radius 2 is 0.853 bits per heavy atom. The summed E-state index contributed by atoms with van der Waals surface area (Å²) in [6.45, 7) is 5.79. The van der Waals surface area contributed by atoms with Gasteiger partial charge in [0.05, 0.1) is 6.61 Å². The van der Waals surface area contributed by atoms with Crippen LogP contribution in [0.3, 0.4) is 0 Å². The third-order valence-corrected chi connectivity index (χ3v) is 12.9. The molecule has 1 aliphatic heterocycles. The molecule has 428 valence electrons. The number of aliphatic carboxylic acids is 1. The van der Waals surface area contributed by atoms with Crippen LogP contribution < -0.4 is 0 Å². The lowest BCUT2D eigenvalue weighted by Gasteiger charge is -2.40. The number of hydrogen-bond donors (Lipinski definition) is 3. The fourth-order valence-corrected chi connectivity index (χ4v) is 8.37. The minimum absolute atomic E-state index is 0.0280. The maximum atomic E-state index is 13.1. The number of unbranched alkanes of at least 4 members (excludes halogenated alkanes) is 21. The van der Waals surface area contributed by atoms with Gasteiger partial charge in [-0.15, -0.1) is 0 Å². The Bertz CT molecular complexity index is 1630. The van der Waals surface area contributed by atoms with Gasteiger partial charge in [-0.05, 0) is 109 Å². The van der Waals surface area contributed by atoms with Gasteiger partial charge in [0, 0.05) is 19.3 Å². The van der Waals surface area contributed by atoms with Crippen molar-refractivity contribution in [2.24, 2.45) is 0 Å². The first-order valence-corrected chi connectivity index (χ1v) is 29.6. The summed E-state index contributed by atoms with van der Waals surface area (Å²) >= 11 is 0. The van der Waals surface area contributed by atoms with Crippen molar-refractivity contribution in [1.29, 1.82) is 0 Å². The molecule has 75 heavy (non-hydrogen) atoms. The molecule has 0 spiro atoms. The highest BCUT2D eigenvalue weighted by Crippen LogP contribution is 2.26. The number of carboxylic acid groups (broad SMARTS) is 1. The van der Waals surface area contributed by atoms with E-state index in [0.29, 0.717) is 19.3 Å². The Balaban J connectivity index is 2.69. The Morgan fingerprint density at radius 3 is 1.33 bits per heavy atom. The molecule has 0 saturated carbocycles. The van der Waals surface area contributed by atoms with E-state index in [1.165, 1.54) is 51.4 Å². The van der Waals surface area contributed by atoms with E-state index >= 15 is 0 Å². The van der Waals surface area contributed by atoms with Crippen LogP contribution in [0.25, 0.3) is 0 Å². The highest BCUT2D eigenvalue weighted by Gasteiger charge is 2.50. The van der Waals surface area contributed by atoms with Crippen LogP contribution in [-0.2, 0) is 42.9 Å². The molecule has 12 heteroatoms. The molecule has 0 aromatic carbocycles. The van der Waals surface area contributed by atoms with Crippen LogP contribution in [-0.4, -0.2) is 89.2 Å². The summed E-state index contributed by atoms with van der Waals surface area (Å²) in [5.41, 5.74) is 0. The maximum Gasteiger partial charge on any atom is 0.335 e. The molecule has 1 rings (SSSR count). The summed E-state index contributed by atoms with van der Waals surface area (Å²) in [5.74, 6) is -3.18. The number of esters is 3. The maximum absolute atomic E-state index is 13.1. The molecular formula is C63H104O12. The lowest BCUT2D eigenvalue weighted by molar-refractivity contribution is -0.301. The first-order chi connectivity index (χ1) is 36.6. The molecule has 0 aromatic rings. The molecule has 3 N–H and O–H groups in total. The molecule has 0 aromatic heterocycles. The van der Waals surface area contributed by atoms with Crippen molar-refractivity contribution in [1.82, 2.24) is 0 Å². The van der Waals surface area contributed by atoms with Crippen molar-refractivity contribution in [3.05, 3.63) is 85.1 Å². The van der Waals surface area contributed by atoms with Crippen LogP contribution in [0.2, 0.25) is 0 Å². The third-order valence-electron chi connectivity index (χ3n) is 12.9. The zero-order valence-electron chi connectivity index (χ0n) is 47.0. The molecule has 1 aliphatic rings. The second kappa shape index (κ2) is 50.7. The highest BCUT2D eigenvalue weighted by molar-refractivity contribution is 5.74. The predicted molar refractivity (Wildman–Crippen MR) is 303 cm³/mol. The molecule has 0 bridgehead atoms. The summed E-state index contributed by atoms with van der Waals surface area (Å²) in [6, 6.07) is 0. The van der Waals surface area contributed by atoms with E-state index in [1.807, 2.05) is 0 Å². The summed E-state index contributed by atoms with van der Waals surface area (Å²) in [7, 11) is 0. The van der Waals surface area contributed by atoms with Gasteiger partial charge in [-0.25, -0.2) is 4.79 Å². The predicted octanol–water partition coefficient (Wildman–Crippen LogP) is 15.1. The number of aliphatic hydroxyl groups is 2. The number of hydrogen-bond acceptors (Lipinski definition) is 11. The second-order valence-corrected chi connectivity index (χ2v) is 19.9. The quantitative estimate of drug-likeness (QED) is 0.0228. The lowest BCUT2D eigenvalue weighted by Crippen LogP contribution is -2.61. The topological polar surface area (TPSA) is 175 Å². The van der Waals surface area contributed by atoms with Crippen LogP contribution >= 0.6 is 0 Å². The minimum atomic E-state index is -1.92. The Labute approximate surface area is 454 Å². The molecule has 0 radical (unpaired) electrons. The number of aliphatic hydroxyl groups excluding tert-OH is 2. The SMILES string of the molecule is CC/C=C\C/C=C\C/C=C\C/C=C\CCCCCCC(=O)OC1C(OCC(COC(=O)CCCCCCCCC/C=C\C/C=C\CCCCC)OC(=O)CCCCCCC/C=C\CCCC)OC(C(=O)O)C(O)C1O. The smallest absolute Gasteiger partial charge is 0.335 e. The lowest BCUT2D eigenvalue weighted by atomic mass is 9.98.